The van der Waals surface area contributed by atoms with Gasteiger partial charge in [-0.05, 0) is 84.7 Å². The lowest BCUT2D eigenvalue weighted by Crippen LogP contribution is -2.48. The van der Waals surface area contributed by atoms with E-state index in [1.807, 2.05) is 0 Å². The van der Waals surface area contributed by atoms with Gasteiger partial charge in [-0.25, -0.2) is 0 Å². The van der Waals surface area contributed by atoms with Gasteiger partial charge in [0.2, 0.25) is 0 Å². The van der Waals surface area contributed by atoms with E-state index in [-0.39, 0.29) is 0 Å². The van der Waals surface area contributed by atoms with E-state index in [2.05, 4.69) is 83.5 Å². The van der Waals surface area contributed by atoms with Crippen molar-refractivity contribution in [1.82, 2.24) is 24.5 Å². The zero-order chi connectivity index (χ0) is 25.5. The summed E-state index contributed by atoms with van der Waals surface area (Å²) in [7, 11) is 0. The summed E-state index contributed by atoms with van der Waals surface area (Å²) >= 11 is 0. The second kappa shape index (κ2) is 8.40. The van der Waals surface area contributed by atoms with E-state index < -0.39 is 0 Å². The van der Waals surface area contributed by atoms with Crippen molar-refractivity contribution in [2.24, 2.45) is 17.3 Å². The van der Waals surface area contributed by atoms with E-state index in [1.54, 1.807) is 6.33 Å². The first-order chi connectivity index (χ1) is 17.8. The average molecular weight is 498 g/mol. The number of rotatable bonds is 5. The van der Waals surface area contributed by atoms with Crippen molar-refractivity contribution >= 4 is 16.6 Å². The van der Waals surface area contributed by atoms with Crippen LogP contribution in [0.2, 0.25) is 0 Å². The van der Waals surface area contributed by atoms with Gasteiger partial charge in [0.15, 0.2) is 5.65 Å². The van der Waals surface area contributed by atoms with Gasteiger partial charge in [0.05, 0.1) is 18.9 Å². The number of aromatic nitrogens is 4. The van der Waals surface area contributed by atoms with Crippen LogP contribution in [-0.4, -0.2) is 57.3 Å². The lowest BCUT2D eigenvalue weighted by atomic mass is 9.88. The molecule has 7 rings (SSSR count). The van der Waals surface area contributed by atoms with Crippen molar-refractivity contribution in [2.45, 2.75) is 59.3 Å². The van der Waals surface area contributed by atoms with Gasteiger partial charge in [-0.15, -0.1) is 10.2 Å². The lowest BCUT2D eigenvalue weighted by molar-refractivity contribution is -0.113. The highest BCUT2D eigenvalue weighted by atomic mass is 16.5. The number of nitrogens with one attached hydrogen (secondary N) is 1. The fraction of sp³-hybridized carbons (Fsp3) is 0.548. The van der Waals surface area contributed by atoms with Gasteiger partial charge >= 0.3 is 0 Å². The molecule has 0 amide bonds. The molecule has 2 unspecified atom stereocenters. The standard InChI is InChI=1S/C31H39N5O/c1-18(2)28-25-10-21(22-8-23-11-35(12-24(23)9-22)14-31(5)15-37-16-31)6-7-27(25)33-29(28)26-13-36-17-32-34-30(36)20(4)19(26)3/h6-7,10,13,17-18,22-24,33H,8-9,11-12,14-16H2,1-5H3. The summed E-state index contributed by atoms with van der Waals surface area (Å²) in [5.41, 5.74) is 10.5. The van der Waals surface area contributed by atoms with Crippen LogP contribution in [0.1, 0.15) is 67.7 Å². The molecule has 6 heteroatoms. The highest BCUT2D eigenvalue weighted by molar-refractivity contribution is 5.92. The molecule has 1 aliphatic carbocycles. The van der Waals surface area contributed by atoms with E-state index in [0.29, 0.717) is 17.3 Å². The van der Waals surface area contributed by atoms with Gasteiger partial charge in [0, 0.05) is 47.7 Å². The molecular formula is C31H39N5O. The molecule has 1 aromatic carbocycles. The molecule has 3 aliphatic rings. The zero-order valence-electron chi connectivity index (χ0n) is 22.8. The first-order valence-corrected chi connectivity index (χ1v) is 14.1. The molecule has 1 saturated carbocycles. The molecule has 194 valence electrons. The number of ether oxygens (including phenoxy) is 1. The van der Waals surface area contributed by atoms with Gasteiger partial charge in [0.1, 0.15) is 6.33 Å². The summed E-state index contributed by atoms with van der Waals surface area (Å²) in [5.74, 6) is 2.79. The third-order valence-electron chi connectivity index (χ3n) is 9.66. The van der Waals surface area contributed by atoms with Crippen LogP contribution in [0.25, 0.3) is 27.8 Å². The van der Waals surface area contributed by atoms with Gasteiger partial charge in [-0.2, -0.15) is 0 Å². The third kappa shape index (κ3) is 3.75. The minimum atomic E-state index is 0.387. The number of aryl methyl sites for hydroxylation is 1. The zero-order valence-corrected chi connectivity index (χ0v) is 22.8. The molecule has 3 fully saturated rings. The van der Waals surface area contributed by atoms with Crippen molar-refractivity contribution in [2.75, 3.05) is 32.8 Å². The Morgan fingerprint density at radius 2 is 1.86 bits per heavy atom. The van der Waals surface area contributed by atoms with E-state index in [4.69, 9.17) is 4.74 Å². The van der Waals surface area contributed by atoms with E-state index >= 15 is 0 Å². The topological polar surface area (TPSA) is 58.5 Å². The Balaban J connectivity index is 1.19. The van der Waals surface area contributed by atoms with E-state index in [1.165, 1.54) is 76.9 Å². The molecule has 5 heterocycles. The Morgan fingerprint density at radius 1 is 1.11 bits per heavy atom. The number of benzene rings is 1. The van der Waals surface area contributed by atoms with Crippen molar-refractivity contribution < 1.29 is 4.74 Å². The Bertz CT molecular complexity index is 1480. The number of hydrogen-bond acceptors (Lipinski definition) is 4. The van der Waals surface area contributed by atoms with Crippen LogP contribution in [0, 0.1) is 31.1 Å². The number of likely N-dealkylation sites (tertiary alicyclic amines) is 1. The summed E-state index contributed by atoms with van der Waals surface area (Å²) in [6.45, 7) is 17.0. The number of fused-ring (bicyclic) bond motifs is 3. The number of H-pyrrole nitrogens is 1. The molecule has 2 saturated heterocycles. The molecule has 0 radical (unpaired) electrons. The SMILES string of the molecule is Cc1c(-c2[nH]c3ccc(C4CC5CN(CC6(C)COC6)CC5C4)cc3c2C(C)C)cn2cnnc2c1C. The number of pyridine rings is 1. The minimum absolute atomic E-state index is 0.387. The van der Waals surface area contributed by atoms with Crippen molar-refractivity contribution in [1.29, 1.82) is 0 Å². The molecule has 0 bridgehead atoms. The molecular weight excluding hydrogens is 458 g/mol. The normalized spacial score (nSPS) is 25.4. The average Bonchev–Trinajstić information content (AvgIpc) is 3.61. The summed E-state index contributed by atoms with van der Waals surface area (Å²) in [6, 6.07) is 7.24. The van der Waals surface area contributed by atoms with Crippen LogP contribution in [0.4, 0.5) is 0 Å². The van der Waals surface area contributed by atoms with Gasteiger partial charge < -0.3 is 14.6 Å². The van der Waals surface area contributed by atoms with E-state index in [9.17, 15) is 0 Å². The molecule has 0 spiro atoms. The molecule has 2 aliphatic heterocycles. The van der Waals surface area contributed by atoms with Gasteiger partial charge in [0.25, 0.3) is 0 Å². The van der Waals surface area contributed by atoms with Crippen LogP contribution < -0.4 is 0 Å². The van der Waals surface area contributed by atoms with E-state index in [0.717, 1.165) is 30.7 Å². The highest BCUT2D eigenvalue weighted by Crippen LogP contribution is 2.48. The number of aromatic amines is 1. The number of nitrogens with zero attached hydrogens (tertiary/aromatic N) is 4. The van der Waals surface area contributed by atoms with Crippen LogP contribution in [-0.2, 0) is 4.74 Å². The second-order valence-electron chi connectivity index (χ2n) is 12.9. The molecule has 6 nitrogen and oxygen atoms in total. The fourth-order valence-electron chi connectivity index (χ4n) is 7.64. The van der Waals surface area contributed by atoms with Crippen molar-refractivity contribution in [3.63, 3.8) is 0 Å². The Labute approximate surface area is 219 Å². The van der Waals surface area contributed by atoms with Gasteiger partial charge in [-0.1, -0.05) is 26.8 Å². The maximum atomic E-state index is 5.50. The third-order valence-corrected chi connectivity index (χ3v) is 9.66. The first-order valence-electron chi connectivity index (χ1n) is 14.1. The second-order valence-corrected chi connectivity index (χ2v) is 12.9. The highest BCUT2D eigenvalue weighted by Gasteiger charge is 2.44. The lowest BCUT2D eigenvalue weighted by Gasteiger charge is -2.41. The molecule has 2 atom stereocenters. The maximum Gasteiger partial charge on any atom is 0.163 e. The summed E-state index contributed by atoms with van der Waals surface area (Å²) < 4.78 is 7.55. The quantitative estimate of drug-likeness (QED) is 0.363. The largest absolute Gasteiger partial charge is 0.380 e. The Kier molecular flexibility index (Phi) is 5.32. The fourth-order valence-corrected chi connectivity index (χ4v) is 7.64. The Morgan fingerprint density at radius 3 is 2.54 bits per heavy atom. The van der Waals surface area contributed by atoms with Gasteiger partial charge in [-0.3, -0.25) is 4.40 Å². The molecule has 4 aromatic rings. The predicted molar refractivity (Wildman–Crippen MR) is 148 cm³/mol. The van der Waals surface area contributed by atoms with Crippen LogP contribution in [0.3, 0.4) is 0 Å². The van der Waals surface area contributed by atoms with Crippen LogP contribution >= 0.6 is 0 Å². The summed E-state index contributed by atoms with van der Waals surface area (Å²) in [6.07, 6.45) is 6.66. The molecule has 3 aromatic heterocycles. The summed E-state index contributed by atoms with van der Waals surface area (Å²) in [4.78, 5) is 6.54. The Hall–Kier alpha value is -2.70. The monoisotopic (exact) mass is 497 g/mol. The first kappa shape index (κ1) is 23.4. The minimum Gasteiger partial charge on any atom is -0.380 e. The maximum absolute atomic E-state index is 5.50. The van der Waals surface area contributed by atoms with Crippen LogP contribution in [0.15, 0.2) is 30.7 Å². The smallest absolute Gasteiger partial charge is 0.163 e. The van der Waals surface area contributed by atoms with Crippen LogP contribution in [0.5, 0.6) is 0 Å². The molecule has 1 N–H and O–H groups in total. The van der Waals surface area contributed by atoms with Crippen molar-refractivity contribution in [3.8, 4) is 11.3 Å². The molecule has 37 heavy (non-hydrogen) atoms. The predicted octanol–water partition coefficient (Wildman–Crippen LogP) is 6.08. The number of hydrogen-bond donors (Lipinski definition) is 1. The summed E-state index contributed by atoms with van der Waals surface area (Å²) in [5, 5.41) is 9.85. The van der Waals surface area contributed by atoms with Crippen molar-refractivity contribution in [3.05, 3.63) is 53.0 Å².